The molecule has 0 bridgehead atoms. The van der Waals surface area contributed by atoms with Gasteiger partial charge in [-0.15, -0.1) is 0 Å². The van der Waals surface area contributed by atoms with Crippen LogP contribution in [0.2, 0.25) is 0 Å². The monoisotopic (exact) mass is 457 g/mol. The molecule has 3 heterocycles. The van der Waals surface area contributed by atoms with Gasteiger partial charge in [0.1, 0.15) is 5.75 Å². The summed E-state index contributed by atoms with van der Waals surface area (Å²) >= 11 is 0. The lowest BCUT2D eigenvalue weighted by molar-refractivity contribution is -0.0441. The first-order chi connectivity index (χ1) is 16.7. The minimum absolute atomic E-state index is 0.360. The average Bonchev–Trinajstić information content (AvgIpc) is 3.31. The fourth-order valence-electron chi connectivity index (χ4n) is 4.35. The predicted molar refractivity (Wildman–Crippen MR) is 129 cm³/mol. The molecule has 0 atom stereocenters. The number of fused-ring (bicyclic) bond motifs is 1. The van der Waals surface area contributed by atoms with Crippen molar-refractivity contribution in [3.05, 3.63) is 60.6 Å². The highest BCUT2D eigenvalue weighted by Gasteiger charge is 2.27. The number of ether oxygens (including phenoxy) is 3. The molecule has 0 unspecified atom stereocenters. The molecule has 2 fully saturated rings. The maximum atomic E-state index is 5.77. The summed E-state index contributed by atoms with van der Waals surface area (Å²) in [6.07, 6.45) is 7.70. The van der Waals surface area contributed by atoms with Gasteiger partial charge in [-0.2, -0.15) is 5.10 Å². The molecule has 1 aliphatic heterocycles. The molecule has 0 N–H and O–H groups in total. The van der Waals surface area contributed by atoms with Crippen molar-refractivity contribution >= 4 is 22.4 Å². The lowest BCUT2D eigenvalue weighted by atomic mass is 10.1. The van der Waals surface area contributed by atoms with Gasteiger partial charge in [-0.1, -0.05) is 0 Å². The van der Waals surface area contributed by atoms with Crippen molar-refractivity contribution in [1.29, 1.82) is 0 Å². The Bertz CT molecular complexity index is 1330. The van der Waals surface area contributed by atoms with Crippen molar-refractivity contribution in [2.45, 2.75) is 19.1 Å². The smallest absolute Gasteiger partial charge is 0.184 e. The number of benzene rings is 2. The van der Waals surface area contributed by atoms with Gasteiger partial charge in [-0.05, 0) is 49.1 Å². The van der Waals surface area contributed by atoms with E-state index in [2.05, 4.69) is 39.2 Å². The largest absolute Gasteiger partial charge is 0.497 e. The minimum atomic E-state index is -0.360. The van der Waals surface area contributed by atoms with Gasteiger partial charge in [0.25, 0.3) is 0 Å². The van der Waals surface area contributed by atoms with E-state index in [9.17, 15) is 0 Å². The Morgan fingerprint density at radius 1 is 1.03 bits per heavy atom. The van der Waals surface area contributed by atoms with Crippen molar-refractivity contribution in [3.63, 3.8) is 0 Å². The first kappa shape index (κ1) is 21.1. The number of anilines is 2. The molecule has 0 spiro atoms. The molecular weight excluding hydrogens is 430 g/mol. The maximum Gasteiger partial charge on any atom is 0.184 e. The summed E-state index contributed by atoms with van der Waals surface area (Å²) in [6, 6.07) is 12.5. The van der Waals surface area contributed by atoms with E-state index in [4.69, 9.17) is 19.2 Å². The van der Waals surface area contributed by atoms with Gasteiger partial charge in [-0.25, -0.2) is 4.98 Å². The molecule has 2 aromatic heterocycles. The topological polar surface area (TPSA) is 74.5 Å². The minimum Gasteiger partial charge on any atom is -0.497 e. The van der Waals surface area contributed by atoms with E-state index in [0.717, 1.165) is 51.5 Å². The van der Waals surface area contributed by atoms with Crippen molar-refractivity contribution < 1.29 is 14.2 Å². The van der Waals surface area contributed by atoms with Gasteiger partial charge < -0.3 is 19.1 Å². The van der Waals surface area contributed by atoms with Crippen LogP contribution in [0.1, 0.15) is 24.7 Å². The lowest BCUT2D eigenvalue weighted by Crippen LogP contribution is -2.20. The Labute approximate surface area is 198 Å². The third-order valence-electron chi connectivity index (χ3n) is 6.33. The fraction of sp³-hybridized carbons (Fsp3) is 0.346. The highest BCUT2D eigenvalue weighted by Crippen LogP contribution is 2.39. The molecule has 8 nitrogen and oxygen atoms in total. The first-order valence-corrected chi connectivity index (χ1v) is 11.6. The summed E-state index contributed by atoms with van der Waals surface area (Å²) in [4.78, 5) is 11.9. The predicted octanol–water partition coefficient (Wildman–Crippen LogP) is 4.63. The quantitative estimate of drug-likeness (QED) is 0.400. The second-order valence-electron chi connectivity index (χ2n) is 8.92. The zero-order valence-electron chi connectivity index (χ0n) is 19.3. The third kappa shape index (κ3) is 4.22. The number of hydrogen-bond acceptors (Lipinski definition) is 7. The van der Waals surface area contributed by atoms with E-state index in [-0.39, 0.29) is 6.29 Å². The Balaban J connectivity index is 1.41. The molecule has 1 aliphatic carbocycles. The van der Waals surface area contributed by atoms with Crippen LogP contribution in [0.25, 0.3) is 22.3 Å². The van der Waals surface area contributed by atoms with Crippen molar-refractivity contribution in [1.82, 2.24) is 19.7 Å². The Morgan fingerprint density at radius 3 is 2.62 bits per heavy atom. The van der Waals surface area contributed by atoms with Crippen LogP contribution in [-0.4, -0.2) is 46.6 Å². The summed E-state index contributed by atoms with van der Waals surface area (Å²) in [6.45, 7) is 2.14. The Morgan fingerprint density at radius 2 is 1.88 bits per heavy atom. The van der Waals surface area contributed by atoms with Crippen LogP contribution < -0.4 is 9.64 Å². The second kappa shape index (κ2) is 8.70. The molecule has 2 aliphatic rings. The summed E-state index contributed by atoms with van der Waals surface area (Å²) in [5.74, 6) is 1.46. The molecule has 0 radical (unpaired) electrons. The molecule has 1 saturated carbocycles. The van der Waals surface area contributed by atoms with Gasteiger partial charge >= 0.3 is 0 Å². The molecule has 2 aromatic carbocycles. The van der Waals surface area contributed by atoms with Crippen LogP contribution >= 0.6 is 0 Å². The van der Waals surface area contributed by atoms with Gasteiger partial charge in [0, 0.05) is 48.4 Å². The number of nitrogens with zero attached hydrogens (tertiary/aromatic N) is 5. The lowest BCUT2D eigenvalue weighted by Gasteiger charge is -2.27. The molecule has 174 valence electrons. The van der Waals surface area contributed by atoms with E-state index in [0.29, 0.717) is 19.1 Å². The van der Waals surface area contributed by atoms with E-state index in [1.807, 2.05) is 31.6 Å². The number of hydrogen-bond donors (Lipinski definition) is 0. The normalized spacial score (nSPS) is 16.3. The Hall–Kier alpha value is -3.49. The van der Waals surface area contributed by atoms with Crippen LogP contribution in [0.3, 0.4) is 0 Å². The summed E-state index contributed by atoms with van der Waals surface area (Å²) in [7, 11) is 3.59. The molecule has 0 amide bonds. The van der Waals surface area contributed by atoms with Crippen LogP contribution in [-0.2, 0) is 16.5 Å². The van der Waals surface area contributed by atoms with E-state index in [1.54, 1.807) is 18.0 Å². The van der Waals surface area contributed by atoms with Crippen molar-refractivity contribution in [2.24, 2.45) is 13.0 Å². The summed E-state index contributed by atoms with van der Waals surface area (Å²) < 4.78 is 18.9. The second-order valence-corrected chi connectivity index (χ2v) is 8.92. The van der Waals surface area contributed by atoms with Crippen LogP contribution in [0.4, 0.5) is 11.4 Å². The molecule has 8 heteroatoms. The van der Waals surface area contributed by atoms with Gasteiger partial charge in [0.05, 0.1) is 49.4 Å². The summed E-state index contributed by atoms with van der Waals surface area (Å²) in [5.41, 5.74) is 6.57. The summed E-state index contributed by atoms with van der Waals surface area (Å²) in [5, 5.41) is 4.26. The number of aryl methyl sites for hydroxylation is 1. The zero-order chi connectivity index (χ0) is 23.1. The van der Waals surface area contributed by atoms with Crippen LogP contribution in [0, 0.1) is 5.92 Å². The molecule has 4 aromatic rings. The third-order valence-corrected chi connectivity index (χ3v) is 6.33. The highest BCUT2D eigenvalue weighted by molar-refractivity contribution is 5.82. The fourth-order valence-corrected chi connectivity index (χ4v) is 4.35. The van der Waals surface area contributed by atoms with E-state index >= 15 is 0 Å². The van der Waals surface area contributed by atoms with Gasteiger partial charge in [0.15, 0.2) is 6.29 Å². The number of rotatable bonds is 7. The number of methoxy groups -OCH3 is 1. The Kier molecular flexibility index (Phi) is 5.39. The highest BCUT2D eigenvalue weighted by atomic mass is 16.7. The number of aromatic nitrogens is 4. The SMILES string of the molecule is COc1cc(C2OCCO2)cc(N(CC2CC2)c2ccc3ncc(-c4cnn(C)c4)nc3c2)c1. The van der Waals surface area contributed by atoms with Crippen molar-refractivity contribution in [2.75, 3.05) is 31.8 Å². The molecule has 34 heavy (non-hydrogen) atoms. The van der Waals surface area contributed by atoms with Gasteiger partial charge in [-0.3, -0.25) is 9.67 Å². The van der Waals surface area contributed by atoms with Gasteiger partial charge in [0.2, 0.25) is 0 Å². The maximum absolute atomic E-state index is 5.77. The van der Waals surface area contributed by atoms with E-state index in [1.165, 1.54) is 12.8 Å². The molecular formula is C26H27N5O3. The van der Waals surface area contributed by atoms with Crippen LogP contribution in [0.15, 0.2) is 55.0 Å². The van der Waals surface area contributed by atoms with Crippen LogP contribution in [0.5, 0.6) is 5.75 Å². The molecule has 6 rings (SSSR count). The van der Waals surface area contributed by atoms with Crippen molar-refractivity contribution in [3.8, 4) is 17.0 Å². The zero-order valence-corrected chi connectivity index (χ0v) is 19.3. The molecule has 1 saturated heterocycles. The average molecular weight is 458 g/mol. The standard InChI is InChI=1S/C26H27N5O3/c1-30-16-19(13-28-30)25-14-27-23-6-5-20(12-24(23)29-25)31(15-17-3-4-17)21-9-18(10-22(11-21)32-2)26-33-7-8-34-26/h5-6,9-14,16-17,26H,3-4,7-8,15H2,1-2H3. The first-order valence-electron chi connectivity index (χ1n) is 11.6. The van der Waals surface area contributed by atoms with E-state index < -0.39 is 0 Å².